The highest BCUT2D eigenvalue weighted by atomic mass is 14.8. The van der Waals surface area contributed by atoms with Crippen LogP contribution in [0.5, 0.6) is 0 Å². The highest BCUT2D eigenvalue weighted by Gasteiger charge is 2.09. The van der Waals surface area contributed by atoms with E-state index in [0.717, 1.165) is 17.7 Å². The van der Waals surface area contributed by atoms with E-state index in [4.69, 9.17) is 0 Å². The third-order valence-corrected chi connectivity index (χ3v) is 2.65. The van der Waals surface area contributed by atoms with E-state index in [0.29, 0.717) is 5.92 Å². The van der Waals surface area contributed by atoms with Crippen LogP contribution in [0.15, 0.2) is 24.2 Å². The first-order valence-corrected chi connectivity index (χ1v) is 5.00. The summed E-state index contributed by atoms with van der Waals surface area (Å²) in [7, 11) is 0. The molecule has 0 spiro atoms. The number of hydrogen-bond donors (Lipinski definition) is 0. The van der Waals surface area contributed by atoms with E-state index < -0.39 is 0 Å². The van der Waals surface area contributed by atoms with Crippen LogP contribution in [-0.2, 0) is 0 Å². The van der Waals surface area contributed by atoms with Crippen LogP contribution >= 0.6 is 0 Å². The Balaban J connectivity index is 2.52. The van der Waals surface area contributed by atoms with E-state index >= 15 is 0 Å². The van der Waals surface area contributed by atoms with Gasteiger partial charge in [0.15, 0.2) is 0 Å². The summed E-state index contributed by atoms with van der Waals surface area (Å²) in [6, 6.07) is 0. The molecule has 0 aromatic carbocycles. The van der Waals surface area contributed by atoms with Gasteiger partial charge < -0.3 is 0 Å². The molecule has 1 heterocycles. The van der Waals surface area contributed by atoms with Gasteiger partial charge in [0, 0.05) is 11.8 Å². The molecule has 0 fully saturated rings. The van der Waals surface area contributed by atoms with Crippen LogP contribution in [0, 0.1) is 5.92 Å². The van der Waals surface area contributed by atoms with Gasteiger partial charge in [-0.2, -0.15) is 0 Å². The zero-order valence-corrected chi connectivity index (χ0v) is 8.57. The van der Waals surface area contributed by atoms with E-state index in [1.54, 1.807) is 6.33 Å². The second-order valence-electron chi connectivity index (χ2n) is 3.58. The van der Waals surface area contributed by atoms with Gasteiger partial charge in [0.05, 0.1) is 5.69 Å². The van der Waals surface area contributed by atoms with Gasteiger partial charge in [-0.15, -0.1) is 0 Å². The molecule has 1 aromatic rings. The highest BCUT2D eigenvalue weighted by molar-refractivity contribution is 5.66. The van der Waals surface area contributed by atoms with Crippen molar-refractivity contribution in [1.29, 1.82) is 0 Å². The summed E-state index contributed by atoms with van der Waals surface area (Å²) < 4.78 is 0. The fourth-order valence-electron chi connectivity index (χ4n) is 1.71. The quantitative estimate of drug-likeness (QED) is 0.674. The van der Waals surface area contributed by atoms with Crippen LogP contribution in [0.1, 0.15) is 31.5 Å². The molecule has 0 radical (unpaired) electrons. The largest absolute Gasteiger partial charge is 0.244 e. The molecule has 1 aliphatic carbocycles. The summed E-state index contributed by atoms with van der Waals surface area (Å²) >= 11 is 0. The topological polar surface area (TPSA) is 25.8 Å². The van der Waals surface area contributed by atoms with Crippen molar-refractivity contribution in [3.05, 3.63) is 35.4 Å². The Morgan fingerprint density at radius 3 is 3.07 bits per heavy atom. The molecule has 72 valence electrons. The molecule has 1 atom stereocenters. The Bertz CT molecular complexity index is 391. The van der Waals surface area contributed by atoms with Gasteiger partial charge in [0.25, 0.3) is 0 Å². The van der Waals surface area contributed by atoms with Crippen molar-refractivity contribution < 1.29 is 0 Å². The summed E-state index contributed by atoms with van der Waals surface area (Å²) in [5.74, 6) is 0.509. The number of rotatable bonds is 1. The average molecular weight is 186 g/mol. The minimum atomic E-state index is 0.509. The molecular formula is C12H14N2. The number of fused-ring (bicyclic) bond motifs is 1. The number of allylic oxidation sites excluding steroid dienone is 2. The third-order valence-electron chi connectivity index (χ3n) is 2.65. The van der Waals surface area contributed by atoms with Crippen molar-refractivity contribution in [2.24, 2.45) is 5.92 Å². The van der Waals surface area contributed by atoms with Crippen molar-refractivity contribution in [2.45, 2.75) is 20.3 Å². The maximum atomic E-state index is 4.24. The monoisotopic (exact) mass is 186 g/mol. The number of hydrogen-bond acceptors (Lipinski definition) is 2. The van der Waals surface area contributed by atoms with Gasteiger partial charge >= 0.3 is 0 Å². The number of nitrogens with zero attached hydrogens (tertiary/aromatic N) is 2. The van der Waals surface area contributed by atoms with Crippen molar-refractivity contribution in [3.8, 4) is 0 Å². The average Bonchev–Trinajstić information content (AvgIpc) is 2.38. The van der Waals surface area contributed by atoms with Crippen LogP contribution in [0.2, 0.25) is 0 Å². The molecule has 0 aliphatic heterocycles. The lowest BCUT2D eigenvalue weighted by Crippen LogP contribution is -1.92. The standard InChI is InChI=1S/C12H14N2/c1-3-10-6-11-7-13-8-14-12(11)5-4-9(10)2/h4-9H,3H2,1-2H3. The van der Waals surface area contributed by atoms with E-state index in [1.807, 2.05) is 6.20 Å². The first-order chi connectivity index (χ1) is 6.81. The van der Waals surface area contributed by atoms with E-state index in [-0.39, 0.29) is 0 Å². The van der Waals surface area contributed by atoms with E-state index in [9.17, 15) is 0 Å². The van der Waals surface area contributed by atoms with Gasteiger partial charge in [0.2, 0.25) is 0 Å². The molecule has 0 N–H and O–H groups in total. The molecule has 0 saturated heterocycles. The lowest BCUT2D eigenvalue weighted by atomic mass is 9.98. The zero-order valence-electron chi connectivity index (χ0n) is 8.57. The SMILES string of the molecule is CCC1=Cc2cncnc2C=CC1C. The van der Waals surface area contributed by atoms with Gasteiger partial charge in [0.1, 0.15) is 6.33 Å². The summed E-state index contributed by atoms with van der Waals surface area (Å²) in [4.78, 5) is 8.28. The lowest BCUT2D eigenvalue weighted by Gasteiger charge is -2.07. The fraction of sp³-hybridized carbons (Fsp3) is 0.333. The molecule has 1 aromatic heterocycles. The maximum Gasteiger partial charge on any atom is 0.116 e. The van der Waals surface area contributed by atoms with E-state index in [1.165, 1.54) is 5.57 Å². The summed E-state index contributed by atoms with van der Waals surface area (Å²) in [6.07, 6.45) is 11.0. The van der Waals surface area contributed by atoms with E-state index in [2.05, 4.69) is 42.0 Å². The molecule has 14 heavy (non-hydrogen) atoms. The van der Waals surface area contributed by atoms with Gasteiger partial charge in [-0.1, -0.05) is 31.6 Å². The Hall–Kier alpha value is -1.44. The number of aromatic nitrogens is 2. The first kappa shape index (κ1) is 9.13. The van der Waals surface area contributed by atoms with Gasteiger partial charge in [-0.05, 0) is 18.4 Å². The predicted octanol–water partition coefficient (Wildman–Crippen LogP) is 2.93. The highest BCUT2D eigenvalue weighted by Crippen LogP contribution is 2.24. The molecule has 2 rings (SSSR count). The Labute approximate surface area is 84.4 Å². The molecule has 1 unspecified atom stereocenters. The molecule has 2 nitrogen and oxygen atoms in total. The molecule has 0 amide bonds. The fourth-order valence-corrected chi connectivity index (χ4v) is 1.71. The second-order valence-corrected chi connectivity index (χ2v) is 3.58. The molecule has 0 bridgehead atoms. The Morgan fingerprint density at radius 1 is 1.43 bits per heavy atom. The van der Waals surface area contributed by atoms with Crippen LogP contribution in [0.4, 0.5) is 0 Å². The van der Waals surface area contributed by atoms with Crippen LogP contribution in [-0.4, -0.2) is 9.97 Å². The summed E-state index contributed by atoms with van der Waals surface area (Å²) in [6.45, 7) is 4.40. The second kappa shape index (κ2) is 3.74. The molecule has 2 heteroatoms. The van der Waals surface area contributed by atoms with Crippen LogP contribution in [0.3, 0.4) is 0 Å². The smallest absolute Gasteiger partial charge is 0.116 e. The summed E-state index contributed by atoms with van der Waals surface area (Å²) in [5.41, 5.74) is 3.59. The van der Waals surface area contributed by atoms with Crippen molar-refractivity contribution in [3.63, 3.8) is 0 Å². The van der Waals surface area contributed by atoms with Crippen molar-refractivity contribution in [2.75, 3.05) is 0 Å². The van der Waals surface area contributed by atoms with Crippen molar-refractivity contribution >= 4 is 12.2 Å². The molecular weight excluding hydrogens is 172 g/mol. The maximum absolute atomic E-state index is 4.24. The minimum absolute atomic E-state index is 0.509. The first-order valence-electron chi connectivity index (χ1n) is 5.00. The summed E-state index contributed by atoms with van der Waals surface area (Å²) in [5, 5.41) is 0. The Morgan fingerprint density at radius 2 is 2.29 bits per heavy atom. The predicted molar refractivity (Wildman–Crippen MR) is 58.5 cm³/mol. The Kier molecular flexibility index (Phi) is 2.44. The zero-order chi connectivity index (χ0) is 9.97. The van der Waals surface area contributed by atoms with Gasteiger partial charge in [-0.3, -0.25) is 0 Å². The normalized spacial score (nSPS) is 19.9. The van der Waals surface area contributed by atoms with Crippen LogP contribution in [0.25, 0.3) is 12.2 Å². The van der Waals surface area contributed by atoms with Crippen LogP contribution < -0.4 is 0 Å². The lowest BCUT2D eigenvalue weighted by molar-refractivity contribution is 0.823. The molecule has 1 aliphatic rings. The third kappa shape index (κ3) is 1.60. The molecule has 0 saturated carbocycles. The van der Waals surface area contributed by atoms with Crippen molar-refractivity contribution in [1.82, 2.24) is 9.97 Å². The minimum Gasteiger partial charge on any atom is -0.244 e. The van der Waals surface area contributed by atoms with Gasteiger partial charge in [-0.25, -0.2) is 9.97 Å².